The molecule has 0 atom stereocenters. The van der Waals surface area contributed by atoms with Crippen LogP contribution in [0.1, 0.15) is 23.6 Å². The van der Waals surface area contributed by atoms with Gasteiger partial charge in [0.2, 0.25) is 0 Å². The van der Waals surface area contributed by atoms with Crippen molar-refractivity contribution >= 4 is 34.8 Å². The van der Waals surface area contributed by atoms with Crippen LogP contribution in [0.15, 0.2) is 53.2 Å². The predicted octanol–water partition coefficient (Wildman–Crippen LogP) is 4.30. The quantitative estimate of drug-likeness (QED) is 0.833. The Morgan fingerprint density at radius 3 is 2.44 bits per heavy atom. The summed E-state index contributed by atoms with van der Waals surface area (Å²) in [6.45, 7) is 5.85. The molecular weight excluding hydrogens is 336 g/mol. The monoisotopic (exact) mass is 354 g/mol. The number of hydrogen-bond acceptors (Lipinski definition) is 3. The fraction of sp³-hybridized carbons (Fsp3) is 0.200. The summed E-state index contributed by atoms with van der Waals surface area (Å²) in [7, 11) is 0. The highest BCUT2D eigenvalue weighted by molar-refractivity contribution is 6.53. The molecule has 5 heteroatoms. The largest absolute Gasteiger partial charge is 0.349 e. The van der Waals surface area contributed by atoms with Crippen molar-refractivity contribution < 1.29 is 9.59 Å². The highest BCUT2D eigenvalue weighted by Gasteiger charge is 2.39. The Kier molecular flexibility index (Phi) is 4.64. The second-order valence-corrected chi connectivity index (χ2v) is 6.37. The summed E-state index contributed by atoms with van der Waals surface area (Å²) in [4.78, 5) is 26.6. The molecule has 0 aromatic heterocycles. The van der Waals surface area contributed by atoms with E-state index in [0.29, 0.717) is 5.69 Å². The van der Waals surface area contributed by atoms with Gasteiger partial charge in [-0.2, -0.15) is 0 Å². The Morgan fingerprint density at radius 2 is 1.72 bits per heavy atom. The molecule has 1 heterocycles. The van der Waals surface area contributed by atoms with E-state index < -0.39 is 11.8 Å². The van der Waals surface area contributed by atoms with Gasteiger partial charge in [-0.25, -0.2) is 4.90 Å². The van der Waals surface area contributed by atoms with E-state index in [1.54, 1.807) is 6.07 Å². The van der Waals surface area contributed by atoms with Crippen LogP contribution in [-0.4, -0.2) is 11.8 Å². The number of benzene rings is 2. The second-order valence-electron chi connectivity index (χ2n) is 5.99. The van der Waals surface area contributed by atoms with Gasteiger partial charge < -0.3 is 5.32 Å². The molecule has 3 rings (SSSR count). The molecule has 2 aromatic rings. The van der Waals surface area contributed by atoms with Gasteiger partial charge in [0.1, 0.15) is 10.7 Å². The summed E-state index contributed by atoms with van der Waals surface area (Å²) in [5.74, 6) is -0.938. The Morgan fingerprint density at radius 1 is 1.00 bits per heavy atom. The van der Waals surface area contributed by atoms with E-state index in [0.717, 1.165) is 33.7 Å². The van der Waals surface area contributed by atoms with Crippen LogP contribution in [0.3, 0.4) is 0 Å². The summed E-state index contributed by atoms with van der Waals surface area (Å²) in [5, 5.41) is 2.97. The lowest BCUT2D eigenvalue weighted by Gasteiger charge is -2.19. The number of hydrogen-bond donors (Lipinski definition) is 1. The number of nitrogens with one attached hydrogen (secondary N) is 1. The van der Waals surface area contributed by atoms with E-state index in [1.807, 2.05) is 57.2 Å². The molecule has 25 heavy (non-hydrogen) atoms. The molecule has 2 amide bonds. The maximum Gasteiger partial charge on any atom is 0.283 e. The Hall–Kier alpha value is -2.59. The lowest BCUT2D eigenvalue weighted by molar-refractivity contribution is -0.120. The molecule has 2 aromatic carbocycles. The molecule has 0 bridgehead atoms. The van der Waals surface area contributed by atoms with Crippen molar-refractivity contribution in [2.75, 3.05) is 10.2 Å². The first-order chi connectivity index (χ1) is 12.0. The molecule has 0 saturated heterocycles. The van der Waals surface area contributed by atoms with Crippen LogP contribution in [0, 0.1) is 13.8 Å². The van der Waals surface area contributed by atoms with Crippen molar-refractivity contribution in [3.63, 3.8) is 0 Å². The molecule has 4 nitrogen and oxygen atoms in total. The van der Waals surface area contributed by atoms with E-state index in [9.17, 15) is 9.59 Å². The molecule has 1 N–H and O–H groups in total. The third-order valence-electron chi connectivity index (χ3n) is 4.50. The minimum Gasteiger partial charge on any atom is -0.349 e. The van der Waals surface area contributed by atoms with E-state index in [1.165, 1.54) is 0 Å². The van der Waals surface area contributed by atoms with Crippen molar-refractivity contribution in [2.45, 2.75) is 27.2 Å². The zero-order chi connectivity index (χ0) is 18.1. The van der Waals surface area contributed by atoms with Gasteiger partial charge in [-0.3, -0.25) is 9.59 Å². The van der Waals surface area contributed by atoms with Crippen molar-refractivity contribution in [3.05, 3.63) is 69.9 Å². The average molecular weight is 355 g/mol. The number of carbonyl (C=O) groups excluding carboxylic acids is 2. The van der Waals surface area contributed by atoms with Gasteiger partial charge in [0, 0.05) is 5.69 Å². The lowest BCUT2D eigenvalue weighted by atomic mass is 10.1. The number of amides is 2. The van der Waals surface area contributed by atoms with Crippen molar-refractivity contribution in [1.82, 2.24) is 0 Å². The van der Waals surface area contributed by atoms with Gasteiger partial charge >= 0.3 is 0 Å². The van der Waals surface area contributed by atoms with E-state index >= 15 is 0 Å². The highest BCUT2D eigenvalue weighted by Crippen LogP contribution is 2.33. The minimum absolute atomic E-state index is 0.0863. The summed E-state index contributed by atoms with van der Waals surface area (Å²) in [6, 6.07) is 13.2. The summed E-state index contributed by atoms with van der Waals surface area (Å²) in [5.41, 5.74) is 4.39. The zero-order valence-electron chi connectivity index (χ0n) is 14.4. The maximum absolute atomic E-state index is 12.9. The Balaban J connectivity index is 1.99. The second kappa shape index (κ2) is 6.73. The number of carbonyl (C=O) groups is 2. The maximum atomic E-state index is 12.9. The number of para-hydroxylation sites is 1. The van der Waals surface area contributed by atoms with Gasteiger partial charge in [0.25, 0.3) is 11.8 Å². The number of halogens is 1. The summed E-state index contributed by atoms with van der Waals surface area (Å²) in [6.07, 6.45) is 0.802. The molecule has 128 valence electrons. The molecule has 1 aliphatic rings. The van der Waals surface area contributed by atoms with Gasteiger partial charge in [0.05, 0.1) is 5.69 Å². The molecule has 0 saturated carbocycles. The van der Waals surface area contributed by atoms with Crippen LogP contribution in [0.4, 0.5) is 11.4 Å². The van der Waals surface area contributed by atoms with E-state index in [-0.39, 0.29) is 10.7 Å². The number of nitrogens with zero attached hydrogens (tertiary/aromatic N) is 1. The lowest BCUT2D eigenvalue weighted by Crippen LogP contribution is -2.33. The Bertz CT molecular complexity index is 902. The number of imide groups is 1. The van der Waals surface area contributed by atoms with Crippen LogP contribution in [0.25, 0.3) is 0 Å². The molecule has 0 spiro atoms. The highest BCUT2D eigenvalue weighted by atomic mass is 35.5. The van der Waals surface area contributed by atoms with Crippen LogP contribution in [-0.2, 0) is 16.0 Å². The Labute approximate surface area is 152 Å². The fourth-order valence-corrected chi connectivity index (χ4v) is 3.11. The van der Waals surface area contributed by atoms with E-state index in [2.05, 4.69) is 5.32 Å². The molecular formula is C20H19ClN2O2. The van der Waals surface area contributed by atoms with Crippen LogP contribution in [0.5, 0.6) is 0 Å². The minimum atomic E-state index is -0.503. The fourth-order valence-electron chi connectivity index (χ4n) is 2.89. The predicted molar refractivity (Wildman–Crippen MR) is 101 cm³/mol. The number of rotatable bonds is 4. The molecule has 0 fully saturated rings. The van der Waals surface area contributed by atoms with Crippen molar-refractivity contribution in [3.8, 4) is 0 Å². The van der Waals surface area contributed by atoms with Gasteiger partial charge in [-0.15, -0.1) is 0 Å². The summed E-state index contributed by atoms with van der Waals surface area (Å²) >= 11 is 6.21. The third kappa shape index (κ3) is 2.94. The topological polar surface area (TPSA) is 49.4 Å². The molecule has 0 aliphatic carbocycles. The van der Waals surface area contributed by atoms with Crippen molar-refractivity contribution in [1.29, 1.82) is 0 Å². The van der Waals surface area contributed by atoms with Gasteiger partial charge in [-0.05, 0) is 49.1 Å². The normalized spacial score (nSPS) is 14.5. The first-order valence-electron chi connectivity index (χ1n) is 8.15. The average Bonchev–Trinajstić information content (AvgIpc) is 2.82. The van der Waals surface area contributed by atoms with Crippen molar-refractivity contribution in [2.24, 2.45) is 0 Å². The zero-order valence-corrected chi connectivity index (χ0v) is 15.1. The molecule has 1 aliphatic heterocycles. The first kappa shape index (κ1) is 17.2. The SMILES string of the molecule is CCc1ccccc1NC1=C(Cl)C(=O)N(c2cccc(C)c2C)C1=O. The number of anilines is 2. The summed E-state index contributed by atoms with van der Waals surface area (Å²) < 4.78 is 0. The van der Waals surface area contributed by atoms with E-state index in [4.69, 9.17) is 11.6 Å². The van der Waals surface area contributed by atoms with Gasteiger partial charge in [0.15, 0.2) is 0 Å². The third-order valence-corrected chi connectivity index (χ3v) is 4.85. The standard InChI is InChI=1S/C20H19ClN2O2/c1-4-14-9-5-6-10-15(14)22-18-17(21)19(24)23(20(18)25)16-11-7-8-12(2)13(16)3/h5-11,22H,4H2,1-3H3. The molecule has 0 unspecified atom stereocenters. The van der Waals surface area contributed by atoms with Gasteiger partial charge in [-0.1, -0.05) is 48.9 Å². The first-order valence-corrected chi connectivity index (χ1v) is 8.53. The van der Waals surface area contributed by atoms with Crippen LogP contribution in [0.2, 0.25) is 0 Å². The van der Waals surface area contributed by atoms with Crippen LogP contribution < -0.4 is 10.2 Å². The smallest absolute Gasteiger partial charge is 0.283 e. The van der Waals surface area contributed by atoms with Crippen LogP contribution >= 0.6 is 11.6 Å². The number of aryl methyl sites for hydroxylation is 2. The molecule has 0 radical (unpaired) electrons.